The van der Waals surface area contributed by atoms with Crippen LogP contribution in [-0.2, 0) is 12.6 Å². The summed E-state index contributed by atoms with van der Waals surface area (Å²) in [5.74, 6) is 0.168. The summed E-state index contributed by atoms with van der Waals surface area (Å²) in [6, 6.07) is 16.5. The molecule has 10 heteroatoms. The number of urea groups is 1. The lowest BCUT2D eigenvalue weighted by Gasteiger charge is -2.23. The lowest BCUT2D eigenvalue weighted by atomic mass is 10.1. The first-order valence-electron chi connectivity index (χ1n) is 10.4. The number of para-hydroxylation sites is 2. The summed E-state index contributed by atoms with van der Waals surface area (Å²) < 4.78 is 41.6. The average molecular weight is 465 g/mol. The molecule has 0 saturated heterocycles. The number of fused-ring (bicyclic) bond motifs is 3. The van der Waals surface area contributed by atoms with E-state index in [1.807, 2.05) is 18.2 Å². The number of amides is 2. The lowest BCUT2D eigenvalue weighted by Crippen LogP contribution is -2.37. The van der Waals surface area contributed by atoms with Crippen molar-refractivity contribution in [2.24, 2.45) is 0 Å². The van der Waals surface area contributed by atoms with Crippen LogP contribution >= 0.6 is 0 Å². The maximum atomic E-state index is 13.4. The fourth-order valence-electron chi connectivity index (χ4n) is 3.98. The van der Waals surface area contributed by atoms with Gasteiger partial charge in [-0.2, -0.15) is 18.3 Å². The van der Waals surface area contributed by atoms with E-state index in [4.69, 9.17) is 0 Å². The molecule has 7 nitrogen and oxygen atoms in total. The molecule has 0 fully saturated rings. The van der Waals surface area contributed by atoms with Gasteiger partial charge in [0, 0.05) is 23.9 Å². The number of aromatic hydroxyl groups is 1. The molecule has 0 spiro atoms. The Morgan fingerprint density at radius 1 is 1.00 bits per heavy atom. The first-order chi connectivity index (χ1) is 16.3. The van der Waals surface area contributed by atoms with E-state index in [9.17, 15) is 23.1 Å². The topological polar surface area (TPSA) is 83.3 Å². The van der Waals surface area contributed by atoms with E-state index in [0.717, 1.165) is 6.07 Å². The highest BCUT2D eigenvalue weighted by molar-refractivity contribution is 6.04. The minimum atomic E-state index is -4.62. The molecule has 0 unspecified atom stereocenters. The summed E-state index contributed by atoms with van der Waals surface area (Å²) in [7, 11) is 0. The van der Waals surface area contributed by atoms with E-state index in [0.29, 0.717) is 22.5 Å². The Labute approximate surface area is 192 Å². The molecule has 34 heavy (non-hydrogen) atoms. The minimum absolute atomic E-state index is 0.0688. The zero-order chi connectivity index (χ0) is 23.9. The summed E-state index contributed by atoms with van der Waals surface area (Å²) in [6.07, 6.45) is -2.91. The predicted octanol–water partition coefficient (Wildman–Crippen LogP) is 5.25. The van der Waals surface area contributed by atoms with E-state index >= 15 is 0 Å². The predicted molar refractivity (Wildman–Crippen MR) is 120 cm³/mol. The van der Waals surface area contributed by atoms with Gasteiger partial charge in [0.2, 0.25) is 5.88 Å². The van der Waals surface area contributed by atoms with Crippen molar-refractivity contribution in [3.05, 3.63) is 84.1 Å². The van der Waals surface area contributed by atoms with Crippen molar-refractivity contribution >= 4 is 17.5 Å². The van der Waals surface area contributed by atoms with Crippen LogP contribution in [-0.4, -0.2) is 32.4 Å². The van der Waals surface area contributed by atoms with Gasteiger partial charge in [0.1, 0.15) is 11.5 Å². The average Bonchev–Trinajstić information content (AvgIpc) is 3.06. The Morgan fingerprint density at radius 3 is 2.50 bits per heavy atom. The second kappa shape index (κ2) is 8.22. The van der Waals surface area contributed by atoms with Gasteiger partial charge in [-0.05, 0) is 42.8 Å². The number of anilines is 2. The summed E-state index contributed by atoms with van der Waals surface area (Å²) in [6.45, 7) is 0.0745. The molecule has 0 aliphatic carbocycles. The Kier molecular flexibility index (Phi) is 5.20. The first kappa shape index (κ1) is 21.5. The molecular formula is C24H18F3N5O2. The smallest absolute Gasteiger partial charge is 0.418 e. The van der Waals surface area contributed by atoms with E-state index in [-0.39, 0.29) is 30.4 Å². The molecule has 2 aromatic heterocycles. The van der Waals surface area contributed by atoms with Crippen LogP contribution in [0.25, 0.3) is 16.9 Å². The Bertz CT molecular complexity index is 1370. The van der Waals surface area contributed by atoms with Crippen molar-refractivity contribution < 1.29 is 23.1 Å². The SMILES string of the molecule is O=C(Nc1ccccc1C(F)(F)F)N1CCc2c(nn(-c3ccccc3)c2O)-c2cccnc21. The molecule has 172 valence electrons. The fourth-order valence-corrected chi connectivity index (χ4v) is 3.98. The number of hydrogen-bond acceptors (Lipinski definition) is 4. The number of nitrogens with one attached hydrogen (secondary N) is 1. The van der Waals surface area contributed by atoms with Crippen LogP contribution < -0.4 is 10.2 Å². The largest absolute Gasteiger partial charge is 0.493 e. The third-order valence-corrected chi connectivity index (χ3v) is 5.56. The summed E-state index contributed by atoms with van der Waals surface area (Å²) in [5.41, 5.74) is 0.826. The number of aromatic nitrogens is 3. The van der Waals surface area contributed by atoms with Crippen LogP contribution in [0.3, 0.4) is 0 Å². The molecule has 1 aliphatic heterocycles. The maximum Gasteiger partial charge on any atom is 0.418 e. The monoisotopic (exact) mass is 465 g/mol. The highest BCUT2D eigenvalue weighted by Gasteiger charge is 2.35. The van der Waals surface area contributed by atoms with Crippen LogP contribution in [0.1, 0.15) is 11.1 Å². The standard InChI is InChI=1S/C24H18F3N5O2/c25-24(26,27)18-10-4-5-11-19(18)29-23(34)31-14-12-17-20(16-9-6-13-28-21(16)31)30-32(22(17)33)15-7-2-1-3-8-15/h1-11,13,33H,12,14H2,(H,29,34). The second-order valence-electron chi connectivity index (χ2n) is 7.65. The van der Waals surface area contributed by atoms with Crippen LogP contribution in [0.2, 0.25) is 0 Å². The molecule has 5 rings (SSSR count). The normalized spacial score (nSPS) is 13.1. The Hall–Kier alpha value is -4.34. The third kappa shape index (κ3) is 3.72. The van der Waals surface area contributed by atoms with Crippen LogP contribution in [0.5, 0.6) is 5.88 Å². The lowest BCUT2D eigenvalue weighted by molar-refractivity contribution is -0.136. The maximum absolute atomic E-state index is 13.4. The van der Waals surface area contributed by atoms with Crippen LogP contribution in [0.4, 0.5) is 29.5 Å². The van der Waals surface area contributed by atoms with Crippen molar-refractivity contribution in [2.75, 3.05) is 16.8 Å². The zero-order valence-corrected chi connectivity index (χ0v) is 17.6. The third-order valence-electron chi connectivity index (χ3n) is 5.56. The minimum Gasteiger partial charge on any atom is -0.493 e. The number of benzene rings is 2. The number of hydrogen-bond donors (Lipinski definition) is 2. The van der Waals surface area contributed by atoms with Gasteiger partial charge in [0.15, 0.2) is 0 Å². The number of carbonyl (C=O) groups excluding carboxylic acids is 1. The molecule has 0 bridgehead atoms. The number of pyridine rings is 1. The molecule has 0 saturated carbocycles. The van der Waals surface area contributed by atoms with E-state index in [1.54, 1.807) is 24.3 Å². The Balaban J connectivity index is 1.53. The van der Waals surface area contributed by atoms with Gasteiger partial charge in [-0.15, -0.1) is 0 Å². The van der Waals surface area contributed by atoms with Crippen molar-refractivity contribution in [1.82, 2.24) is 14.8 Å². The second-order valence-corrected chi connectivity index (χ2v) is 7.65. The van der Waals surface area contributed by atoms with Gasteiger partial charge in [-0.1, -0.05) is 30.3 Å². The molecule has 3 heterocycles. The van der Waals surface area contributed by atoms with E-state index < -0.39 is 17.8 Å². The van der Waals surface area contributed by atoms with E-state index in [1.165, 1.54) is 34.0 Å². The van der Waals surface area contributed by atoms with Gasteiger partial charge in [-0.3, -0.25) is 4.90 Å². The van der Waals surface area contributed by atoms with Gasteiger partial charge < -0.3 is 10.4 Å². The quantitative estimate of drug-likeness (QED) is 0.423. The number of alkyl halides is 3. The van der Waals surface area contributed by atoms with Crippen LogP contribution in [0.15, 0.2) is 72.9 Å². The number of halogens is 3. The molecule has 0 atom stereocenters. The van der Waals surface area contributed by atoms with Crippen molar-refractivity contribution in [2.45, 2.75) is 12.6 Å². The molecule has 1 aliphatic rings. The van der Waals surface area contributed by atoms with Crippen molar-refractivity contribution in [3.63, 3.8) is 0 Å². The van der Waals surface area contributed by atoms with E-state index in [2.05, 4.69) is 15.4 Å². The zero-order valence-electron chi connectivity index (χ0n) is 17.6. The van der Waals surface area contributed by atoms with Gasteiger partial charge in [0.25, 0.3) is 0 Å². The molecule has 2 N–H and O–H groups in total. The molecule has 4 aromatic rings. The van der Waals surface area contributed by atoms with Crippen LogP contribution in [0, 0.1) is 0 Å². The number of rotatable bonds is 2. The van der Waals surface area contributed by atoms with Crippen molar-refractivity contribution in [3.8, 4) is 22.8 Å². The van der Waals surface area contributed by atoms with Crippen molar-refractivity contribution in [1.29, 1.82) is 0 Å². The fraction of sp³-hybridized carbons (Fsp3) is 0.125. The highest BCUT2D eigenvalue weighted by Crippen LogP contribution is 2.40. The first-order valence-corrected chi connectivity index (χ1v) is 10.4. The van der Waals surface area contributed by atoms with Gasteiger partial charge in [-0.25, -0.2) is 14.5 Å². The number of carbonyl (C=O) groups is 1. The Morgan fingerprint density at radius 2 is 1.74 bits per heavy atom. The highest BCUT2D eigenvalue weighted by atomic mass is 19.4. The summed E-state index contributed by atoms with van der Waals surface area (Å²) >= 11 is 0. The number of nitrogens with zero attached hydrogens (tertiary/aromatic N) is 4. The molecule has 2 aromatic carbocycles. The van der Waals surface area contributed by atoms with Gasteiger partial charge >= 0.3 is 12.2 Å². The molecule has 2 amide bonds. The van der Waals surface area contributed by atoms with Gasteiger partial charge in [0.05, 0.1) is 16.9 Å². The molecular weight excluding hydrogens is 447 g/mol. The molecule has 0 radical (unpaired) electrons. The summed E-state index contributed by atoms with van der Waals surface area (Å²) in [5, 5.41) is 17.8. The summed E-state index contributed by atoms with van der Waals surface area (Å²) in [4.78, 5) is 18.7.